The molecule has 27 heavy (non-hydrogen) atoms. The lowest BCUT2D eigenvalue weighted by atomic mass is 10.1. The maximum absolute atomic E-state index is 12.5. The molecular weight excluding hydrogens is 346 g/mol. The fraction of sp³-hybridized carbons (Fsp3) is 0.526. The van der Waals surface area contributed by atoms with E-state index in [4.69, 9.17) is 4.74 Å². The molecule has 0 radical (unpaired) electrons. The van der Waals surface area contributed by atoms with Crippen molar-refractivity contribution < 1.29 is 14.3 Å². The second-order valence-electron chi connectivity index (χ2n) is 7.17. The standard InChI is InChI=1S/C19H27N5O3/c1-12(2)24(13(3)4)17(25)11-23-21-18(20-22-23)15-8-7-9-16(10-15)19(26)27-14(5)6/h7-10,12-14H,11H2,1-6H3. The van der Waals surface area contributed by atoms with Crippen LogP contribution in [0, 0.1) is 0 Å². The van der Waals surface area contributed by atoms with Crippen molar-refractivity contribution in [3.63, 3.8) is 0 Å². The van der Waals surface area contributed by atoms with Gasteiger partial charge in [0.05, 0.1) is 11.7 Å². The van der Waals surface area contributed by atoms with Crippen LogP contribution in [0.15, 0.2) is 24.3 Å². The quantitative estimate of drug-likeness (QED) is 0.693. The topological polar surface area (TPSA) is 90.2 Å². The van der Waals surface area contributed by atoms with Gasteiger partial charge in [-0.15, -0.1) is 10.2 Å². The molecule has 8 heteroatoms. The smallest absolute Gasteiger partial charge is 0.338 e. The number of amides is 1. The maximum Gasteiger partial charge on any atom is 0.338 e. The molecule has 2 aromatic rings. The molecular formula is C19H27N5O3. The highest BCUT2D eigenvalue weighted by Crippen LogP contribution is 2.17. The molecule has 1 heterocycles. The summed E-state index contributed by atoms with van der Waals surface area (Å²) >= 11 is 0. The molecule has 0 aliphatic rings. The third-order valence-electron chi connectivity index (χ3n) is 3.83. The largest absolute Gasteiger partial charge is 0.459 e. The van der Waals surface area contributed by atoms with Crippen LogP contribution in [-0.4, -0.2) is 55.2 Å². The minimum atomic E-state index is -0.404. The Hall–Kier alpha value is -2.77. The predicted molar refractivity (Wildman–Crippen MR) is 101 cm³/mol. The molecule has 0 aliphatic carbocycles. The van der Waals surface area contributed by atoms with Gasteiger partial charge >= 0.3 is 5.97 Å². The first kappa shape index (κ1) is 20.5. The van der Waals surface area contributed by atoms with Gasteiger partial charge in [-0.3, -0.25) is 4.79 Å². The Morgan fingerprint density at radius 2 is 1.78 bits per heavy atom. The fourth-order valence-corrected chi connectivity index (χ4v) is 2.87. The molecule has 0 saturated heterocycles. The molecule has 0 N–H and O–H groups in total. The van der Waals surface area contributed by atoms with Gasteiger partial charge in [0.25, 0.3) is 0 Å². The van der Waals surface area contributed by atoms with E-state index in [1.165, 1.54) is 4.80 Å². The van der Waals surface area contributed by atoms with Crippen LogP contribution in [0.1, 0.15) is 51.9 Å². The highest BCUT2D eigenvalue weighted by atomic mass is 16.5. The first-order valence-corrected chi connectivity index (χ1v) is 9.09. The molecule has 0 bridgehead atoms. The zero-order valence-electron chi connectivity index (χ0n) is 16.7. The Kier molecular flexibility index (Phi) is 6.65. The number of rotatable bonds is 7. The van der Waals surface area contributed by atoms with E-state index in [1.54, 1.807) is 43.0 Å². The van der Waals surface area contributed by atoms with Crippen LogP contribution in [-0.2, 0) is 16.1 Å². The molecule has 146 valence electrons. The number of benzene rings is 1. The van der Waals surface area contributed by atoms with Crippen LogP contribution in [0.25, 0.3) is 11.4 Å². The highest BCUT2D eigenvalue weighted by molar-refractivity contribution is 5.90. The summed E-state index contributed by atoms with van der Waals surface area (Å²) in [7, 11) is 0. The van der Waals surface area contributed by atoms with E-state index < -0.39 is 5.97 Å². The van der Waals surface area contributed by atoms with Gasteiger partial charge in [-0.25, -0.2) is 4.79 Å². The van der Waals surface area contributed by atoms with Gasteiger partial charge in [-0.2, -0.15) is 4.80 Å². The Bertz CT molecular complexity index is 790. The van der Waals surface area contributed by atoms with Crippen molar-refractivity contribution in [1.29, 1.82) is 0 Å². The first-order valence-electron chi connectivity index (χ1n) is 9.09. The SMILES string of the molecule is CC(C)OC(=O)c1cccc(-c2nnn(CC(=O)N(C(C)C)C(C)C)n2)c1. The molecule has 1 amide bonds. The van der Waals surface area contributed by atoms with E-state index in [9.17, 15) is 9.59 Å². The molecule has 2 rings (SSSR count). The van der Waals surface area contributed by atoms with Crippen molar-refractivity contribution in [2.75, 3.05) is 0 Å². The van der Waals surface area contributed by atoms with E-state index in [1.807, 2.05) is 27.7 Å². The van der Waals surface area contributed by atoms with Crippen molar-refractivity contribution in [2.24, 2.45) is 0 Å². The first-order chi connectivity index (χ1) is 12.7. The Balaban J connectivity index is 2.16. The number of hydrogen-bond acceptors (Lipinski definition) is 6. The van der Waals surface area contributed by atoms with E-state index in [2.05, 4.69) is 15.4 Å². The summed E-state index contributed by atoms with van der Waals surface area (Å²) < 4.78 is 5.21. The summed E-state index contributed by atoms with van der Waals surface area (Å²) in [6.07, 6.45) is -0.198. The van der Waals surface area contributed by atoms with Gasteiger partial charge in [0.1, 0.15) is 6.54 Å². The molecule has 0 unspecified atom stereocenters. The summed E-state index contributed by atoms with van der Waals surface area (Å²) in [6.45, 7) is 11.5. The normalized spacial score (nSPS) is 11.3. The summed E-state index contributed by atoms with van der Waals surface area (Å²) in [6, 6.07) is 7.02. The molecule has 0 atom stereocenters. The van der Waals surface area contributed by atoms with Gasteiger partial charge in [0, 0.05) is 17.6 Å². The maximum atomic E-state index is 12.5. The number of hydrogen-bond donors (Lipinski definition) is 0. The summed E-state index contributed by atoms with van der Waals surface area (Å²) in [5.41, 5.74) is 1.05. The molecule has 0 aliphatic heterocycles. The minimum Gasteiger partial charge on any atom is -0.459 e. The zero-order valence-corrected chi connectivity index (χ0v) is 16.7. The van der Waals surface area contributed by atoms with E-state index in [0.717, 1.165) is 0 Å². The van der Waals surface area contributed by atoms with Gasteiger partial charge in [-0.05, 0) is 58.9 Å². The van der Waals surface area contributed by atoms with Gasteiger partial charge < -0.3 is 9.64 Å². The van der Waals surface area contributed by atoms with Crippen molar-refractivity contribution in [1.82, 2.24) is 25.1 Å². The van der Waals surface area contributed by atoms with Crippen LogP contribution in [0.5, 0.6) is 0 Å². The van der Waals surface area contributed by atoms with E-state index in [-0.39, 0.29) is 30.6 Å². The molecule has 1 aromatic carbocycles. The second-order valence-corrected chi connectivity index (χ2v) is 7.17. The monoisotopic (exact) mass is 373 g/mol. The minimum absolute atomic E-state index is 0.0123. The average molecular weight is 373 g/mol. The highest BCUT2D eigenvalue weighted by Gasteiger charge is 2.21. The van der Waals surface area contributed by atoms with Crippen molar-refractivity contribution in [3.8, 4) is 11.4 Å². The number of carbonyl (C=O) groups excluding carboxylic acids is 2. The van der Waals surface area contributed by atoms with Crippen LogP contribution < -0.4 is 0 Å². The van der Waals surface area contributed by atoms with Gasteiger partial charge in [-0.1, -0.05) is 12.1 Å². The lowest BCUT2D eigenvalue weighted by Crippen LogP contribution is -2.44. The Labute approximate surface area is 159 Å². The summed E-state index contributed by atoms with van der Waals surface area (Å²) in [5, 5.41) is 12.3. The van der Waals surface area contributed by atoms with Crippen LogP contribution in [0.3, 0.4) is 0 Å². The number of carbonyl (C=O) groups is 2. The number of ether oxygens (including phenoxy) is 1. The summed E-state index contributed by atoms with van der Waals surface area (Å²) in [5.74, 6) is -0.125. The van der Waals surface area contributed by atoms with Gasteiger partial charge in [0.2, 0.25) is 11.7 Å². The lowest BCUT2D eigenvalue weighted by molar-refractivity contribution is -0.135. The number of esters is 1. The predicted octanol–water partition coefficient (Wildman–Crippen LogP) is 2.55. The molecule has 0 spiro atoms. The number of aromatic nitrogens is 4. The Morgan fingerprint density at radius 3 is 2.37 bits per heavy atom. The van der Waals surface area contributed by atoms with E-state index in [0.29, 0.717) is 17.0 Å². The summed E-state index contributed by atoms with van der Waals surface area (Å²) in [4.78, 5) is 27.6. The molecule has 1 aromatic heterocycles. The number of tetrazole rings is 1. The Morgan fingerprint density at radius 1 is 1.11 bits per heavy atom. The molecule has 0 fully saturated rings. The third kappa shape index (κ3) is 5.35. The third-order valence-corrected chi connectivity index (χ3v) is 3.83. The lowest BCUT2D eigenvalue weighted by Gasteiger charge is -2.30. The van der Waals surface area contributed by atoms with Crippen LogP contribution in [0.4, 0.5) is 0 Å². The second kappa shape index (κ2) is 8.75. The van der Waals surface area contributed by atoms with Crippen molar-refractivity contribution in [2.45, 2.75) is 66.3 Å². The van der Waals surface area contributed by atoms with E-state index >= 15 is 0 Å². The fourth-order valence-electron chi connectivity index (χ4n) is 2.87. The van der Waals surface area contributed by atoms with Gasteiger partial charge in [0.15, 0.2) is 0 Å². The van der Waals surface area contributed by atoms with Crippen LogP contribution in [0.2, 0.25) is 0 Å². The zero-order chi connectivity index (χ0) is 20.1. The number of nitrogens with zero attached hydrogens (tertiary/aromatic N) is 5. The average Bonchev–Trinajstić information content (AvgIpc) is 3.02. The van der Waals surface area contributed by atoms with Crippen molar-refractivity contribution in [3.05, 3.63) is 29.8 Å². The molecule has 8 nitrogen and oxygen atoms in total. The van der Waals surface area contributed by atoms with Crippen molar-refractivity contribution >= 4 is 11.9 Å². The molecule has 0 saturated carbocycles. The van der Waals surface area contributed by atoms with Crippen LogP contribution >= 0.6 is 0 Å².